The molecule has 0 aliphatic carbocycles. The minimum Gasteiger partial charge on any atom is -0.389 e. The Bertz CT molecular complexity index is 624. The molecule has 0 bridgehead atoms. The molecule has 0 aromatic heterocycles. The average Bonchev–Trinajstić information content (AvgIpc) is 2.26. The van der Waals surface area contributed by atoms with Crippen LogP contribution in [0.4, 0.5) is 5.69 Å². The summed E-state index contributed by atoms with van der Waals surface area (Å²) < 4.78 is 25.4. The molecule has 0 saturated carbocycles. The molecule has 1 aromatic carbocycles. The van der Waals surface area contributed by atoms with Crippen molar-refractivity contribution in [1.82, 2.24) is 4.31 Å². The monoisotopic (exact) mass is 322 g/mol. The summed E-state index contributed by atoms with van der Waals surface area (Å²) in [5, 5.41) is 20.3. The van der Waals surface area contributed by atoms with Crippen LogP contribution in [0.25, 0.3) is 0 Å². The van der Waals surface area contributed by atoms with Crippen molar-refractivity contribution in [2.45, 2.75) is 24.3 Å². The van der Waals surface area contributed by atoms with Gasteiger partial charge in [0.1, 0.15) is 5.02 Å². The van der Waals surface area contributed by atoms with Gasteiger partial charge in [-0.2, -0.15) is 4.31 Å². The van der Waals surface area contributed by atoms with Gasteiger partial charge in [-0.1, -0.05) is 11.6 Å². The molecule has 0 saturated heterocycles. The number of aliphatic hydroxyl groups is 1. The number of halogens is 1. The quantitative estimate of drug-likeness (QED) is 0.656. The fourth-order valence-electron chi connectivity index (χ4n) is 1.60. The van der Waals surface area contributed by atoms with E-state index in [2.05, 4.69) is 0 Å². The van der Waals surface area contributed by atoms with E-state index in [4.69, 9.17) is 11.6 Å². The van der Waals surface area contributed by atoms with E-state index in [-0.39, 0.29) is 16.5 Å². The molecule has 0 amide bonds. The Hall–Kier alpha value is -1.22. The predicted octanol–water partition coefficient (Wildman–Crippen LogP) is 1.64. The maximum Gasteiger partial charge on any atom is 0.289 e. The maximum absolute atomic E-state index is 12.2. The lowest BCUT2D eigenvalue weighted by molar-refractivity contribution is -0.384. The molecule has 0 aliphatic rings. The first-order valence-corrected chi connectivity index (χ1v) is 7.39. The van der Waals surface area contributed by atoms with E-state index in [1.807, 2.05) is 0 Å². The van der Waals surface area contributed by atoms with Gasteiger partial charge in [-0.25, -0.2) is 8.42 Å². The smallest absolute Gasteiger partial charge is 0.289 e. The van der Waals surface area contributed by atoms with E-state index in [1.165, 1.54) is 27.0 Å². The number of sulfonamides is 1. The molecule has 0 atom stereocenters. The predicted molar refractivity (Wildman–Crippen MR) is 74.2 cm³/mol. The van der Waals surface area contributed by atoms with Crippen LogP contribution < -0.4 is 0 Å². The van der Waals surface area contributed by atoms with Crippen molar-refractivity contribution in [3.05, 3.63) is 33.3 Å². The molecule has 0 unspecified atom stereocenters. The second kappa shape index (κ2) is 5.65. The normalized spacial score (nSPS) is 12.7. The summed E-state index contributed by atoms with van der Waals surface area (Å²) in [5.74, 6) is 0. The molecular weight excluding hydrogens is 308 g/mol. The van der Waals surface area contributed by atoms with Gasteiger partial charge >= 0.3 is 0 Å². The van der Waals surface area contributed by atoms with Crippen molar-refractivity contribution in [2.24, 2.45) is 0 Å². The first-order valence-electron chi connectivity index (χ1n) is 5.58. The Labute approximate surface area is 122 Å². The Morgan fingerprint density at radius 1 is 1.45 bits per heavy atom. The minimum atomic E-state index is -3.93. The number of nitrogens with zero attached hydrogens (tertiary/aromatic N) is 2. The van der Waals surface area contributed by atoms with E-state index in [1.54, 1.807) is 0 Å². The minimum absolute atomic E-state index is 0.140. The van der Waals surface area contributed by atoms with Crippen LogP contribution in [0.3, 0.4) is 0 Å². The standard InChI is InChI=1S/C11H15ClN2O5S/c1-11(2,15)7-13(3)20(18,19)8-4-5-9(12)10(6-8)14(16)17/h4-6,15H,7H2,1-3H3. The highest BCUT2D eigenvalue weighted by atomic mass is 35.5. The van der Waals surface area contributed by atoms with Gasteiger partial charge in [0.2, 0.25) is 10.0 Å². The van der Waals surface area contributed by atoms with Crippen LogP contribution >= 0.6 is 11.6 Å². The molecule has 0 spiro atoms. The maximum atomic E-state index is 12.2. The fourth-order valence-corrected chi connectivity index (χ4v) is 3.14. The van der Waals surface area contributed by atoms with Crippen molar-refractivity contribution in [2.75, 3.05) is 13.6 Å². The van der Waals surface area contributed by atoms with Crippen LogP contribution in [0.1, 0.15) is 13.8 Å². The van der Waals surface area contributed by atoms with Crippen LogP contribution in [0, 0.1) is 10.1 Å². The molecule has 20 heavy (non-hydrogen) atoms. The zero-order valence-corrected chi connectivity index (χ0v) is 12.8. The molecular formula is C11H15ClN2O5S. The van der Waals surface area contributed by atoms with Crippen molar-refractivity contribution >= 4 is 27.3 Å². The van der Waals surface area contributed by atoms with E-state index < -0.39 is 26.2 Å². The molecule has 0 aliphatic heterocycles. The lowest BCUT2D eigenvalue weighted by Crippen LogP contribution is -2.39. The third kappa shape index (κ3) is 3.89. The number of likely N-dealkylation sites (N-methyl/N-ethyl adjacent to an activating group) is 1. The lowest BCUT2D eigenvalue weighted by Gasteiger charge is -2.25. The van der Waals surface area contributed by atoms with Crippen LogP contribution in [0.5, 0.6) is 0 Å². The number of nitro benzene ring substituents is 1. The summed E-state index contributed by atoms with van der Waals surface area (Å²) in [6.45, 7) is 2.78. The van der Waals surface area contributed by atoms with Crippen molar-refractivity contribution < 1.29 is 18.4 Å². The largest absolute Gasteiger partial charge is 0.389 e. The molecule has 9 heteroatoms. The number of hydrogen-bond donors (Lipinski definition) is 1. The summed E-state index contributed by atoms with van der Waals surface area (Å²) in [6, 6.07) is 3.24. The lowest BCUT2D eigenvalue weighted by atomic mass is 10.1. The van der Waals surface area contributed by atoms with E-state index in [0.717, 1.165) is 16.4 Å². The van der Waals surface area contributed by atoms with Gasteiger partial charge in [0, 0.05) is 19.7 Å². The molecule has 1 aromatic rings. The van der Waals surface area contributed by atoms with Gasteiger partial charge in [-0.05, 0) is 26.0 Å². The second-order valence-corrected chi connectivity index (χ2v) is 7.40. The summed E-state index contributed by atoms with van der Waals surface area (Å²) in [7, 11) is -2.65. The van der Waals surface area contributed by atoms with Gasteiger partial charge in [0.05, 0.1) is 15.4 Å². The molecule has 7 nitrogen and oxygen atoms in total. The number of hydrogen-bond acceptors (Lipinski definition) is 5. The number of benzene rings is 1. The molecule has 1 rings (SSSR count). The van der Waals surface area contributed by atoms with Gasteiger partial charge in [-0.3, -0.25) is 10.1 Å². The first kappa shape index (κ1) is 16.8. The molecule has 112 valence electrons. The topological polar surface area (TPSA) is 101 Å². The van der Waals surface area contributed by atoms with Crippen LogP contribution in [-0.4, -0.2) is 41.9 Å². The highest BCUT2D eigenvalue weighted by Crippen LogP contribution is 2.28. The van der Waals surface area contributed by atoms with E-state index >= 15 is 0 Å². The fraction of sp³-hybridized carbons (Fsp3) is 0.455. The second-order valence-electron chi connectivity index (χ2n) is 4.94. The number of nitro groups is 1. The molecule has 0 heterocycles. The van der Waals surface area contributed by atoms with Gasteiger partial charge in [-0.15, -0.1) is 0 Å². The van der Waals surface area contributed by atoms with Crippen molar-refractivity contribution in [3.8, 4) is 0 Å². The molecule has 1 N–H and O–H groups in total. The van der Waals surface area contributed by atoms with E-state index in [9.17, 15) is 23.6 Å². The highest BCUT2D eigenvalue weighted by Gasteiger charge is 2.28. The van der Waals surface area contributed by atoms with Gasteiger partial charge in [0.25, 0.3) is 5.69 Å². The summed E-state index contributed by atoms with van der Waals surface area (Å²) in [4.78, 5) is 9.77. The third-order valence-electron chi connectivity index (χ3n) is 2.43. The van der Waals surface area contributed by atoms with Crippen LogP contribution in [0.2, 0.25) is 5.02 Å². The van der Waals surface area contributed by atoms with Crippen LogP contribution in [-0.2, 0) is 10.0 Å². The Morgan fingerprint density at radius 2 is 2.00 bits per heavy atom. The zero-order chi connectivity index (χ0) is 15.7. The van der Waals surface area contributed by atoms with Crippen molar-refractivity contribution in [3.63, 3.8) is 0 Å². The Morgan fingerprint density at radius 3 is 2.45 bits per heavy atom. The van der Waals surface area contributed by atoms with Crippen molar-refractivity contribution in [1.29, 1.82) is 0 Å². The average molecular weight is 323 g/mol. The first-order chi connectivity index (χ1) is 8.95. The third-order valence-corrected chi connectivity index (χ3v) is 4.55. The van der Waals surface area contributed by atoms with Crippen LogP contribution in [0.15, 0.2) is 23.1 Å². The summed E-state index contributed by atoms with van der Waals surface area (Å²) in [6.07, 6.45) is 0. The summed E-state index contributed by atoms with van der Waals surface area (Å²) in [5.41, 5.74) is -1.70. The molecule has 0 radical (unpaired) electrons. The van der Waals surface area contributed by atoms with Gasteiger partial charge < -0.3 is 5.11 Å². The summed E-state index contributed by atoms with van der Waals surface area (Å²) >= 11 is 5.64. The van der Waals surface area contributed by atoms with E-state index in [0.29, 0.717) is 0 Å². The SMILES string of the molecule is CN(CC(C)(C)O)S(=O)(=O)c1ccc(Cl)c([N+](=O)[O-])c1. The Balaban J connectivity index is 3.23. The molecule has 0 fully saturated rings. The Kier molecular flexibility index (Phi) is 4.75. The van der Waals surface area contributed by atoms with Gasteiger partial charge in [0.15, 0.2) is 0 Å². The number of rotatable bonds is 5. The highest BCUT2D eigenvalue weighted by molar-refractivity contribution is 7.89. The zero-order valence-electron chi connectivity index (χ0n) is 11.2.